The third-order valence-electron chi connectivity index (χ3n) is 4.32. The zero-order chi connectivity index (χ0) is 17.7. The van der Waals surface area contributed by atoms with Crippen LogP contribution in [0.15, 0.2) is 29.2 Å². The summed E-state index contributed by atoms with van der Waals surface area (Å²) in [5.74, 6) is -0.191. The van der Waals surface area contributed by atoms with E-state index >= 15 is 0 Å². The average Bonchev–Trinajstić information content (AvgIpc) is 2.59. The molecule has 1 aliphatic heterocycles. The second-order valence-electron chi connectivity index (χ2n) is 5.77. The maximum absolute atomic E-state index is 12.6. The number of halogens is 1. The summed E-state index contributed by atoms with van der Waals surface area (Å²) >= 11 is 5.80. The third-order valence-corrected chi connectivity index (χ3v) is 6.48. The zero-order valence-electron chi connectivity index (χ0n) is 13.7. The van der Waals surface area contributed by atoms with Gasteiger partial charge in [-0.1, -0.05) is 11.6 Å². The number of likely N-dealkylation sites (N-methyl/N-ethyl adjacent to an activating group) is 1. The van der Waals surface area contributed by atoms with Crippen LogP contribution >= 0.6 is 11.6 Å². The van der Waals surface area contributed by atoms with Crippen LogP contribution in [-0.4, -0.2) is 61.4 Å². The van der Waals surface area contributed by atoms with Gasteiger partial charge in [0.05, 0.1) is 11.5 Å². The minimum absolute atomic E-state index is 0.00455. The molecule has 6 nitrogen and oxygen atoms in total. The summed E-state index contributed by atoms with van der Waals surface area (Å²) < 4.78 is 26.7. The standard InChI is InChI=1S/C16H23ClN2O4S/c1-2-18(11-12-20)16(21)13-7-9-19(10-8-13)24(22,23)15-5-3-14(17)4-6-15/h3-6,13,20H,2,7-12H2,1H3. The number of carbonyl (C=O) groups excluding carboxylic acids is 1. The lowest BCUT2D eigenvalue weighted by Gasteiger charge is -2.33. The highest BCUT2D eigenvalue weighted by molar-refractivity contribution is 7.89. The minimum Gasteiger partial charge on any atom is -0.395 e. The summed E-state index contributed by atoms with van der Waals surface area (Å²) in [6.45, 7) is 3.30. The number of amides is 1. The van der Waals surface area contributed by atoms with E-state index in [9.17, 15) is 13.2 Å². The average molecular weight is 375 g/mol. The number of sulfonamides is 1. The molecule has 1 aliphatic rings. The van der Waals surface area contributed by atoms with Crippen LogP contribution in [0.4, 0.5) is 0 Å². The largest absolute Gasteiger partial charge is 0.395 e. The predicted molar refractivity (Wildman–Crippen MR) is 92.3 cm³/mol. The number of aliphatic hydroxyl groups excluding tert-OH is 1. The van der Waals surface area contributed by atoms with Crippen molar-refractivity contribution in [1.82, 2.24) is 9.21 Å². The molecule has 0 radical (unpaired) electrons. The molecule has 0 aliphatic carbocycles. The van der Waals surface area contributed by atoms with Crippen molar-refractivity contribution in [1.29, 1.82) is 0 Å². The van der Waals surface area contributed by atoms with E-state index in [-0.39, 0.29) is 23.3 Å². The molecule has 1 fully saturated rings. The van der Waals surface area contributed by atoms with Gasteiger partial charge in [0.1, 0.15) is 0 Å². The first-order valence-electron chi connectivity index (χ1n) is 8.05. The molecular weight excluding hydrogens is 352 g/mol. The van der Waals surface area contributed by atoms with E-state index in [1.54, 1.807) is 17.0 Å². The molecule has 1 aromatic carbocycles. The van der Waals surface area contributed by atoms with Crippen molar-refractivity contribution in [3.05, 3.63) is 29.3 Å². The number of hydrogen-bond acceptors (Lipinski definition) is 4. The van der Waals surface area contributed by atoms with Crippen molar-refractivity contribution in [2.75, 3.05) is 32.8 Å². The normalized spacial score (nSPS) is 17.0. The first-order valence-corrected chi connectivity index (χ1v) is 9.87. The van der Waals surface area contributed by atoms with Gasteiger partial charge in [-0.15, -0.1) is 0 Å². The molecule has 24 heavy (non-hydrogen) atoms. The second-order valence-corrected chi connectivity index (χ2v) is 8.15. The Morgan fingerprint density at radius 3 is 2.38 bits per heavy atom. The van der Waals surface area contributed by atoms with Crippen LogP contribution in [0.25, 0.3) is 0 Å². The van der Waals surface area contributed by atoms with Gasteiger partial charge >= 0.3 is 0 Å². The van der Waals surface area contributed by atoms with Gasteiger partial charge in [-0.05, 0) is 44.0 Å². The van der Waals surface area contributed by atoms with Gasteiger partial charge < -0.3 is 10.0 Å². The van der Waals surface area contributed by atoms with Crippen molar-refractivity contribution in [2.45, 2.75) is 24.7 Å². The predicted octanol–water partition coefficient (Wildman–Crippen LogP) is 1.58. The molecule has 1 saturated heterocycles. The maximum Gasteiger partial charge on any atom is 0.243 e. The van der Waals surface area contributed by atoms with Crippen molar-refractivity contribution in [3.8, 4) is 0 Å². The van der Waals surface area contributed by atoms with E-state index < -0.39 is 10.0 Å². The molecule has 1 amide bonds. The molecule has 2 rings (SSSR count). The Morgan fingerprint density at radius 2 is 1.88 bits per heavy atom. The van der Waals surface area contributed by atoms with Gasteiger partial charge in [-0.25, -0.2) is 8.42 Å². The third kappa shape index (κ3) is 4.27. The number of rotatable bonds is 6. The van der Waals surface area contributed by atoms with Crippen LogP contribution in [0.5, 0.6) is 0 Å². The van der Waals surface area contributed by atoms with Crippen LogP contribution < -0.4 is 0 Å². The van der Waals surface area contributed by atoms with Gasteiger partial charge in [0.25, 0.3) is 0 Å². The van der Waals surface area contributed by atoms with Gasteiger partial charge in [0.15, 0.2) is 0 Å². The SMILES string of the molecule is CCN(CCO)C(=O)C1CCN(S(=O)(=O)c2ccc(Cl)cc2)CC1. The fourth-order valence-corrected chi connectivity index (χ4v) is 4.50. The van der Waals surface area contributed by atoms with E-state index in [0.717, 1.165) is 0 Å². The molecule has 0 spiro atoms. The molecular formula is C16H23ClN2O4S. The molecule has 0 unspecified atom stereocenters. The van der Waals surface area contributed by atoms with Gasteiger partial charge in [0.2, 0.25) is 15.9 Å². The molecule has 1 aromatic rings. The maximum atomic E-state index is 12.6. The van der Waals surface area contributed by atoms with Crippen LogP contribution in [0.1, 0.15) is 19.8 Å². The highest BCUT2D eigenvalue weighted by atomic mass is 35.5. The Bertz CT molecular complexity index is 655. The van der Waals surface area contributed by atoms with E-state index in [0.29, 0.717) is 44.0 Å². The van der Waals surface area contributed by atoms with E-state index in [1.807, 2.05) is 6.92 Å². The Balaban J connectivity index is 2.01. The molecule has 0 saturated carbocycles. The molecule has 1 N–H and O–H groups in total. The first-order chi connectivity index (χ1) is 11.4. The Morgan fingerprint density at radius 1 is 1.29 bits per heavy atom. The monoisotopic (exact) mass is 374 g/mol. The van der Waals surface area contributed by atoms with Gasteiger partial charge in [0, 0.05) is 37.1 Å². The number of nitrogens with zero attached hydrogens (tertiary/aromatic N) is 2. The van der Waals surface area contributed by atoms with E-state index in [4.69, 9.17) is 16.7 Å². The molecule has 0 atom stereocenters. The molecule has 0 bridgehead atoms. The highest BCUT2D eigenvalue weighted by Gasteiger charge is 2.33. The molecule has 8 heteroatoms. The summed E-state index contributed by atoms with van der Waals surface area (Å²) in [4.78, 5) is 14.2. The number of hydrogen-bond donors (Lipinski definition) is 1. The zero-order valence-corrected chi connectivity index (χ0v) is 15.3. The van der Waals surface area contributed by atoms with Crippen LogP contribution in [-0.2, 0) is 14.8 Å². The van der Waals surface area contributed by atoms with Crippen molar-refractivity contribution < 1.29 is 18.3 Å². The van der Waals surface area contributed by atoms with Gasteiger partial charge in [-0.2, -0.15) is 4.31 Å². The lowest BCUT2D eigenvalue weighted by molar-refractivity contribution is -0.137. The van der Waals surface area contributed by atoms with Crippen molar-refractivity contribution >= 4 is 27.5 Å². The van der Waals surface area contributed by atoms with Crippen LogP contribution in [0.3, 0.4) is 0 Å². The lowest BCUT2D eigenvalue weighted by atomic mass is 9.96. The molecule has 0 aromatic heterocycles. The number of carbonyl (C=O) groups is 1. The Hall–Kier alpha value is -1.15. The number of piperidine rings is 1. The Labute approximate surface area is 148 Å². The number of aliphatic hydroxyl groups is 1. The molecule has 1 heterocycles. The van der Waals surface area contributed by atoms with Crippen molar-refractivity contribution in [3.63, 3.8) is 0 Å². The quantitative estimate of drug-likeness (QED) is 0.820. The summed E-state index contributed by atoms with van der Waals surface area (Å²) in [6.07, 6.45) is 0.987. The topological polar surface area (TPSA) is 77.9 Å². The summed E-state index contributed by atoms with van der Waals surface area (Å²) in [5.41, 5.74) is 0. The van der Waals surface area contributed by atoms with Crippen molar-refractivity contribution in [2.24, 2.45) is 5.92 Å². The number of benzene rings is 1. The smallest absolute Gasteiger partial charge is 0.243 e. The van der Waals surface area contributed by atoms with Gasteiger partial charge in [-0.3, -0.25) is 4.79 Å². The second kappa shape index (κ2) is 8.29. The minimum atomic E-state index is -3.55. The van der Waals surface area contributed by atoms with E-state index in [2.05, 4.69) is 0 Å². The van der Waals surface area contributed by atoms with Crippen LogP contribution in [0.2, 0.25) is 5.02 Å². The lowest BCUT2D eigenvalue weighted by Crippen LogP contribution is -2.45. The molecule has 134 valence electrons. The highest BCUT2D eigenvalue weighted by Crippen LogP contribution is 2.25. The summed E-state index contributed by atoms with van der Waals surface area (Å²) in [6, 6.07) is 6.10. The van der Waals surface area contributed by atoms with Crippen LogP contribution in [0, 0.1) is 5.92 Å². The summed E-state index contributed by atoms with van der Waals surface area (Å²) in [7, 11) is -3.55. The van der Waals surface area contributed by atoms with E-state index in [1.165, 1.54) is 16.4 Å². The summed E-state index contributed by atoms with van der Waals surface area (Å²) in [5, 5.41) is 9.51. The fourth-order valence-electron chi connectivity index (χ4n) is 2.90. The first kappa shape index (κ1) is 19.2. The fraction of sp³-hybridized carbons (Fsp3) is 0.562. The Kier molecular flexibility index (Phi) is 6.62.